The highest BCUT2D eigenvalue weighted by Crippen LogP contribution is 2.40. The highest BCUT2D eigenvalue weighted by Gasteiger charge is 2.51. The normalized spacial score (nSPS) is 22.6. The van der Waals surface area contributed by atoms with E-state index in [9.17, 15) is 4.79 Å². The number of aromatic nitrogens is 1. The molecule has 0 aliphatic carbocycles. The average molecular weight is 345 g/mol. The highest BCUT2D eigenvalue weighted by atomic mass is 16.5. The van der Waals surface area contributed by atoms with Gasteiger partial charge in [0.05, 0.1) is 18.9 Å². The van der Waals surface area contributed by atoms with Gasteiger partial charge in [-0.3, -0.25) is 9.69 Å². The number of rotatable bonds is 4. The van der Waals surface area contributed by atoms with Crippen molar-refractivity contribution in [3.63, 3.8) is 0 Å². The number of hydrogen-bond acceptors (Lipinski definition) is 4. The van der Waals surface area contributed by atoms with Gasteiger partial charge in [0.2, 0.25) is 0 Å². The van der Waals surface area contributed by atoms with Gasteiger partial charge in [0.1, 0.15) is 11.2 Å². The Bertz CT molecular complexity index is 588. The molecule has 0 bridgehead atoms. The lowest BCUT2D eigenvalue weighted by Gasteiger charge is -2.55. The monoisotopic (exact) mass is 345 g/mol. The van der Waals surface area contributed by atoms with E-state index >= 15 is 0 Å². The Balaban J connectivity index is 0.000000880. The maximum atomic E-state index is 12.6. The van der Waals surface area contributed by atoms with Crippen molar-refractivity contribution in [3.8, 4) is 0 Å². The predicted octanol–water partition coefficient (Wildman–Crippen LogP) is 2.91. The highest BCUT2D eigenvalue weighted by molar-refractivity contribution is 5.92. The third-order valence-electron chi connectivity index (χ3n) is 5.66. The van der Waals surface area contributed by atoms with Crippen molar-refractivity contribution >= 4 is 5.91 Å². The number of carbonyl (C=O) groups is 1. The summed E-state index contributed by atoms with van der Waals surface area (Å²) in [4.78, 5) is 21.8. The number of hydrogen-bond donors (Lipinski definition) is 0. The fourth-order valence-electron chi connectivity index (χ4n) is 3.86. The minimum Gasteiger partial charge on any atom is -0.377 e. The van der Waals surface area contributed by atoms with Crippen molar-refractivity contribution in [1.29, 1.82) is 0 Å². The minimum absolute atomic E-state index is 0.0785. The first kappa shape index (κ1) is 18.3. The van der Waals surface area contributed by atoms with Crippen LogP contribution in [0.4, 0.5) is 0 Å². The lowest BCUT2D eigenvalue weighted by Crippen LogP contribution is -2.66. The Morgan fingerprint density at radius 2 is 1.92 bits per heavy atom. The summed E-state index contributed by atoms with van der Waals surface area (Å²) in [6, 6.07) is 5.88. The molecule has 1 aromatic rings. The van der Waals surface area contributed by atoms with Crippen LogP contribution in [-0.4, -0.2) is 60.1 Å². The minimum atomic E-state index is -0.104. The Morgan fingerprint density at radius 3 is 2.48 bits per heavy atom. The van der Waals surface area contributed by atoms with Gasteiger partial charge in [-0.2, -0.15) is 0 Å². The molecule has 0 N–H and O–H groups in total. The van der Waals surface area contributed by atoms with Gasteiger partial charge in [-0.15, -0.1) is 0 Å². The molecule has 25 heavy (non-hydrogen) atoms. The van der Waals surface area contributed by atoms with Crippen LogP contribution in [0.5, 0.6) is 0 Å². The number of nitrogens with zero attached hydrogens (tertiary/aromatic N) is 3. The van der Waals surface area contributed by atoms with E-state index in [4.69, 9.17) is 9.72 Å². The zero-order valence-corrected chi connectivity index (χ0v) is 15.8. The van der Waals surface area contributed by atoms with Crippen molar-refractivity contribution in [3.05, 3.63) is 29.6 Å². The second-order valence-electron chi connectivity index (χ2n) is 7.11. The van der Waals surface area contributed by atoms with Gasteiger partial charge in [0.25, 0.3) is 5.91 Å². The molecule has 0 radical (unpaired) electrons. The zero-order chi connectivity index (χ0) is 17.9. The van der Waals surface area contributed by atoms with Crippen molar-refractivity contribution in [2.24, 2.45) is 5.92 Å². The van der Waals surface area contributed by atoms with E-state index in [0.717, 1.165) is 50.6 Å². The molecule has 3 aliphatic rings. The topological polar surface area (TPSA) is 45.7 Å². The predicted molar refractivity (Wildman–Crippen MR) is 98.6 cm³/mol. The Hall–Kier alpha value is -1.46. The van der Waals surface area contributed by atoms with Crippen LogP contribution in [0.25, 0.3) is 0 Å². The van der Waals surface area contributed by atoms with Gasteiger partial charge in [0, 0.05) is 26.2 Å². The maximum Gasteiger partial charge on any atom is 0.272 e. The summed E-state index contributed by atoms with van der Waals surface area (Å²) < 4.78 is 5.54. The summed E-state index contributed by atoms with van der Waals surface area (Å²) in [6.45, 7) is 11.6. The van der Waals surface area contributed by atoms with E-state index in [-0.39, 0.29) is 11.4 Å². The molecule has 3 saturated heterocycles. The summed E-state index contributed by atoms with van der Waals surface area (Å²) in [5.41, 5.74) is 1.49. The van der Waals surface area contributed by atoms with Crippen LogP contribution in [0.3, 0.4) is 0 Å². The van der Waals surface area contributed by atoms with Crippen molar-refractivity contribution in [2.45, 2.75) is 45.6 Å². The first-order chi connectivity index (χ1) is 12.2. The zero-order valence-electron chi connectivity index (χ0n) is 15.8. The largest absolute Gasteiger partial charge is 0.377 e. The third kappa shape index (κ3) is 3.32. The number of likely N-dealkylation sites (tertiary alicyclic amines) is 2. The van der Waals surface area contributed by atoms with Crippen LogP contribution >= 0.6 is 0 Å². The first-order valence-corrected chi connectivity index (χ1v) is 9.82. The molecule has 3 aliphatic heterocycles. The number of carbonyl (C=O) groups excluding carboxylic acids is 1. The maximum absolute atomic E-state index is 12.6. The van der Waals surface area contributed by atoms with Gasteiger partial charge in [-0.1, -0.05) is 33.3 Å². The number of pyridine rings is 1. The third-order valence-corrected chi connectivity index (χ3v) is 5.66. The Kier molecular flexibility index (Phi) is 5.74. The first-order valence-electron chi connectivity index (χ1n) is 9.82. The van der Waals surface area contributed by atoms with Crippen LogP contribution in [0, 0.1) is 5.92 Å². The molecule has 4 rings (SSSR count). The molecule has 4 heterocycles. The molecule has 5 heteroatoms. The SMILES string of the molecule is CC.CCC1CN(C2(c3cccc(C(=O)N4CCCC4)n3)COC2)C1. The van der Waals surface area contributed by atoms with E-state index in [1.807, 2.05) is 30.9 Å². The van der Waals surface area contributed by atoms with Gasteiger partial charge >= 0.3 is 0 Å². The molecule has 0 aromatic carbocycles. The molecule has 0 atom stereocenters. The molecular weight excluding hydrogens is 314 g/mol. The standard InChI is InChI=1S/C18H25N3O2.C2H6/c1-2-14-10-21(11-14)18(12-23-13-18)16-7-5-6-15(19-16)17(22)20-8-3-4-9-20;1-2/h5-7,14H,2-4,8-13H2,1H3;1-2H3. The lowest BCUT2D eigenvalue weighted by molar-refractivity contribution is -0.181. The van der Waals surface area contributed by atoms with Crippen molar-refractivity contribution < 1.29 is 9.53 Å². The van der Waals surface area contributed by atoms with Crippen LogP contribution in [0.1, 0.15) is 56.2 Å². The summed E-state index contributed by atoms with van der Waals surface area (Å²) in [5.74, 6) is 0.872. The second-order valence-corrected chi connectivity index (χ2v) is 7.11. The van der Waals surface area contributed by atoms with E-state index in [1.165, 1.54) is 6.42 Å². The van der Waals surface area contributed by atoms with Crippen molar-refractivity contribution in [1.82, 2.24) is 14.8 Å². The quantitative estimate of drug-likeness (QED) is 0.842. The van der Waals surface area contributed by atoms with Crippen LogP contribution < -0.4 is 0 Å². The molecule has 0 saturated carbocycles. The number of amides is 1. The fraction of sp³-hybridized carbons (Fsp3) is 0.700. The summed E-state index contributed by atoms with van der Waals surface area (Å²) >= 11 is 0. The lowest BCUT2D eigenvalue weighted by atomic mass is 9.83. The molecule has 5 nitrogen and oxygen atoms in total. The molecule has 1 amide bonds. The fourth-order valence-corrected chi connectivity index (χ4v) is 3.86. The van der Waals surface area contributed by atoms with Crippen molar-refractivity contribution in [2.75, 3.05) is 39.4 Å². The van der Waals surface area contributed by atoms with Crippen LogP contribution in [-0.2, 0) is 10.3 Å². The van der Waals surface area contributed by atoms with Crippen LogP contribution in [0.2, 0.25) is 0 Å². The van der Waals surface area contributed by atoms with Crippen LogP contribution in [0.15, 0.2) is 18.2 Å². The molecular formula is C20H31N3O2. The summed E-state index contributed by atoms with van der Waals surface area (Å²) in [5, 5.41) is 0. The van der Waals surface area contributed by atoms with Gasteiger partial charge in [-0.05, 0) is 30.9 Å². The van der Waals surface area contributed by atoms with Gasteiger partial charge in [-0.25, -0.2) is 4.98 Å². The Labute approximate surface area is 151 Å². The molecule has 0 spiro atoms. The summed E-state index contributed by atoms with van der Waals surface area (Å²) in [6.07, 6.45) is 3.44. The van der Waals surface area contributed by atoms with E-state index < -0.39 is 0 Å². The summed E-state index contributed by atoms with van der Waals surface area (Å²) in [7, 11) is 0. The van der Waals surface area contributed by atoms with E-state index in [0.29, 0.717) is 18.9 Å². The van der Waals surface area contributed by atoms with Gasteiger partial charge < -0.3 is 9.64 Å². The van der Waals surface area contributed by atoms with Gasteiger partial charge in [0.15, 0.2) is 0 Å². The number of ether oxygens (including phenoxy) is 1. The molecule has 3 fully saturated rings. The molecule has 0 unspecified atom stereocenters. The second kappa shape index (κ2) is 7.83. The molecule has 1 aromatic heterocycles. The van der Waals surface area contributed by atoms with E-state index in [2.05, 4.69) is 17.9 Å². The molecule has 138 valence electrons. The average Bonchev–Trinajstić information content (AvgIpc) is 3.12. The Morgan fingerprint density at radius 1 is 1.24 bits per heavy atom. The van der Waals surface area contributed by atoms with E-state index in [1.54, 1.807) is 0 Å². The smallest absolute Gasteiger partial charge is 0.272 e.